The number of rotatable bonds is 6. The minimum absolute atomic E-state index is 0.734. The van der Waals surface area contributed by atoms with Crippen molar-refractivity contribution in [1.82, 2.24) is 4.98 Å². The third kappa shape index (κ3) is 4.06. The van der Waals surface area contributed by atoms with Crippen molar-refractivity contribution in [3.8, 4) is 5.75 Å². The zero-order chi connectivity index (χ0) is 14.4. The summed E-state index contributed by atoms with van der Waals surface area (Å²) in [5.74, 6) is 0.917. The summed E-state index contributed by atoms with van der Waals surface area (Å²) in [7, 11) is 0. The predicted octanol–water partition coefficient (Wildman–Crippen LogP) is 3.99. The Balaban J connectivity index is 2.01. The summed E-state index contributed by atoms with van der Waals surface area (Å²) in [6.45, 7) is 6.84. The zero-order valence-corrected chi connectivity index (χ0v) is 12.8. The van der Waals surface area contributed by atoms with E-state index in [0.29, 0.717) is 0 Å². The molecule has 1 aromatic heterocycles. The molecule has 5 heteroatoms. The standard InChI is InChI=1S/C15H19N3OS/c1-4-7-19-14-8-13(6-5-11(14)2)9-16-18-15-17-12(3)10-20-15/h5-6,8-10H,4,7H2,1-3H3,(H,17,18). The summed E-state index contributed by atoms with van der Waals surface area (Å²) in [5.41, 5.74) is 6.07. The first kappa shape index (κ1) is 14.5. The smallest absolute Gasteiger partial charge is 0.203 e. The number of ether oxygens (including phenoxy) is 1. The van der Waals surface area contributed by atoms with Crippen molar-refractivity contribution in [2.45, 2.75) is 27.2 Å². The van der Waals surface area contributed by atoms with E-state index in [2.05, 4.69) is 22.4 Å². The highest BCUT2D eigenvalue weighted by atomic mass is 32.1. The summed E-state index contributed by atoms with van der Waals surface area (Å²) in [6.07, 6.45) is 2.78. The fourth-order valence-electron chi connectivity index (χ4n) is 1.63. The van der Waals surface area contributed by atoms with Gasteiger partial charge in [-0.05, 0) is 37.5 Å². The lowest BCUT2D eigenvalue weighted by molar-refractivity contribution is 0.315. The Hall–Kier alpha value is -1.88. The Kier molecular flexibility index (Phi) is 5.12. The second-order valence-corrected chi connectivity index (χ2v) is 5.40. The highest BCUT2D eigenvalue weighted by Gasteiger charge is 2.00. The van der Waals surface area contributed by atoms with Crippen molar-refractivity contribution >= 4 is 22.7 Å². The maximum atomic E-state index is 5.70. The molecule has 0 aliphatic rings. The van der Waals surface area contributed by atoms with E-state index in [1.807, 2.05) is 37.4 Å². The van der Waals surface area contributed by atoms with Gasteiger partial charge < -0.3 is 4.74 Å². The van der Waals surface area contributed by atoms with Gasteiger partial charge in [0.1, 0.15) is 5.75 Å². The predicted molar refractivity (Wildman–Crippen MR) is 85.0 cm³/mol. The highest BCUT2D eigenvalue weighted by Crippen LogP contribution is 2.19. The molecule has 0 amide bonds. The number of aryl methyl sites for hydroxylation is 2. The Morgan fingerprint density at radius 2 is 2.25 bits per heavy atom. The van der Waals surface area contributed by atoms with E-state index in [4.69, 9.17) is 4.74 Å². The number of aromatic nitrogens is 1. The molecule has 0 spiro atoms. The Morgan fingerprint density at radius 3 is 2.95 bits per heavy atom. The Morgan fingerprint density at radius 1 is 1.40 bits per heavy atom. The molecule has 0 fully saturated rings. The average Bonchev–Trinajstić information content (AvgIpc) is 2.85. The molecule has 0 radical (unpaired) electrons. The maximum Gasteiger partial charge on any atom is 0.203 e. The van der Waals surface area contributed by atoms with Crippen LogP contribution >= 0.6 is 11.3 Å². The fraction of sp³-hybridized carbons (Fsp3) is 0.333. The molecule has 1 N–H and O–H groups in total. The molecule has 20 heavy (non-hydrogen) atoms. The first-order valence-electron chi connectivity index (χ1n) is 6.63. The third-order valence-electron chi connectivity index (χ3n) is 2.67. The molecule has 0 unspecified atom stereocenters. The summed E-state index contributed by atoms with van der Waals surface area (Å²) in [5, 5.41) is 6.98. The van der Waals surface area contributed by atoms with Gasteiger partial charge in [0.2, 0.25) is 5.13 Å². The number of anilines is 1. The largest absolute Gasteiger partial charge is 0.493 e. The molecule has 0 aliphatic carbocycles. The van der Waals surface area contributed by atoms with Crippen molar-refractivity contribution in [3.63, 3.8) is 0 Å². The summed E-state index contributed by atoms with van der Waals surface area (Å²) in [4.78, 5) is 4.28. The van der Waals surface area contributed by atoms with E-state index in [1.165, 1.54) is 0 Å². The van der Waals surface area contributed by atoms with Gasteiger partial charge in [0.05, 0.1) is 18.5 Å². The number of hydrogen-bond acceptors (Lipinski definition) is 5. The minimum atomic E-state index is 0.734. The number of hydrogen-bond donors (Lipinski definition) is 1. The fourth-order valence-corrected chi connectivity index (χ4v) is 2.27. The van der Waals surface area contributed by atoms with Crippen LogP contribution in [0.2, 0.25) is 0 Å². The molecular formula is C15H19N3OS. The van der Waals surface area contributed by atoms with Gasteiger partial charge in [-0.15, -0.1) is 11.3 Å². The van der Waals surface area contributed by atoms with E-state index < -0.39 is 0 Å². The molecule has 0 bridgehead atoms. The molecular weight excluding hydrogens is 270 g/mol. The van der Waals surface area contributed by atoms with Crippen LogP contribution in [0.3, 0.4) is 0 Å². The van der Waals surface area contributed by atoms with Crippen LogP contribution in [0.4, 0.5) is 5.13 Å². The SMILES string of the molecule is CCCOc1cc(C=NNc2nc(C)cs2)ccc1C. The first-order chi connectivity index (χ1) is 9.69. The van der Waals surface area contributed by atoms with E-state index >= 15 is 0 Å². The Labute approximate surface area is 123 Å². The van der Waals surface area contributed by atoms with E-state index in [0.717, 1.165) is 40.7 Å². The summed E-state index contributed by atoms with van der Waals surface area (Å²) in [6, 6.07) is 6.07. The van der Waals surface area contributed by atoms with Gasteiger partial charge in [0.15, 0.2) is 0 Å². The number of benzene rings is 1. The average molecular weight is 289 g/mol. The third-order valence-corrected chi connectivity index (χ3v) is 3.53. The van der Waals surface area contributed by atoms with Gasteiger partial charge in [-0.2, -0.15) is 5.10 Å². The van der Waals surface area contributed by atoms with E-state index in [1.54, 1.807) is 17.6 Å². The lowest BCUT2D eigenvalue weighted by Gasteiger charge is -2.08. The van der Waals surface area contributed by atoms with Crippen LogP contribution in [0.5, 0.6) is 5.75 Å². The molecule has 0 aliphatic heterocycles. The van der Waals surface area contributed by atoms with Gasteiger partial charge in [-0.3, -0.25) is 5.43 Å². The van der Waals surface area contributed by atoms with Crippen molar-refractivity contribution < 1.29 is 4.74 Å². The van der Waals surface area contributed by atoms with Gasteiger partial charge in [-0.25, -0.2) is 4.98 Å². The topological polar surface area (TPSA) is 46.5 Å². The van der Waals surface area contributed by atoms with E-state index in [9.17, 15) is 0 Å². The van der Waals surface area contributed by atoms with Crippen LogP contribution in [0, 0.1) is 13.8 Å². The quantitative estimate of drug-likeness (QED) is 0.646. The molecule has 0 atom stereocenters. The molecule has 2 aromatic rings. The minimum Gasteiger partial charge on any atom is -0.493 e. The number of nitrogens with one attached hydrogen (secondary N) is 1. The summed E-state index contributed by atoms with van der Waals surface area (Å²) >= 11 is 1.54. The van der Waals surface area contributed by atoms with Crippen molar-refractivity contribution in [2.24, 2.45) is 5.10 Å². The molecule has 4 nitrogen and oxygen atoms in total. The normalized spacial score (nSPS) is 10.9. The van der Waals surface area contributed by atoms with Gasteiger partial charge >= 0.3 is 0 Å². The zero-order valence-electron chi connectivity index (χ0n) is 12.0. The van der Waals surface area contributed by atoms with Crippen molar-refractivity contribution in [2.75, 3.05) is 12.0 Å². The van der Waals surface area contributed by atoms with Crippen molar-refractivity contribution in [3.05, 3.63) is 40.4 Å². The molecule has 106 valence electrons. The van der Waals surface area contributed by atoms with Gasteiger partial charge in [0, 0.05) is 5.38 Å². The van der Waals surface area contributed by atoms with Gasteiger partial charge in [-0.1, -0.05) is 19.1 Å². The van der Waals surface area contributed by atoms with Crippen LogP contribution in [0.1, 0.15) is 30.2 Å². The number of hydrazone groups is 1. The number of thiazole rings is 1. The Bertz CT molecular complexity index is 593. The van der Waals surface area contributed by atoms with Crippen LogP contribution in [0.15, 0.2) is 28.7 Å². The molecule has 1 aromatic carbocycles. The second kappa shape index (κ2) is 7.05. The van der Waals surface area contributed by atoms with Crippen LogP contribution in [-0.4, -0.2) is 17.8 Å². The first-order valence-corrected chi connectivity index (χ1v) is 7.51. The monoisotopic (exact) mass is 289 g/mol. The molecule has 2 rings (SSSR count). The van der Waals surface area contributed by atoms with Crippen LogP contribution < -0.4 is 10.2 Å². The van der Waals surface area contributed by atoms with Crippen LogP contribution in [0.25, 0.3) is 0 Å². The maximum absolute atomic E-state index is 5.70. The number of nitrogens with zero attached hydrogens (tertiary/aromatic N) is 2. The lowest BCUT2D eigenvalue weighted by atomic mass is 10.1. The summed E-state index contributed by atoms with van der Waals surface area (Å²) < 4.78 is 5.70. The molecule has 0 saturated carbocycles. The van der Waals surface area contributed by atoms with Crippen molar-refractivity contribution in [1.29, 1.82) is 0 Å². The second-order valence-electron chi connectivity index (χ2n) is 4.54. The molecule has 0 saturated heterocycles. The van der Waals surface area contributed by atoms with Gasteiger partial charge in [0.25, 0.3) is 0 Å². The molecule has 1 heterocycles. The highest BCUT2D eigenvalue weighted by molar-refractivity contribution is 7.13. The van der Waals surface area contributed by atoms with E-state index in [-0.39, 0.29) is 0 Å². The van der Waals surface area contributed by atoms with Crippen LogP contribution in [-0.2, 0) is 0 Å². The lowest BCUT2D eigenvalue weighted by Crippen LogP contribution is -1.98.